The van der Waals surface area contributed by atoms with E-state index in [2.05, 4.69) is 15.3 Å². The van der Waals surface area contributed by atoms with Crippen LogP contribution in [0.4, 0.5) is 5.82 Å². The standard InChI is InChI=1S/C17H19ClN4O2/c1-19-15-8-11(4-5-20-15)12-3-2-6-22(10-12)17(24)13-7-14(18)16(23)21-9-13/h4-5,7-9,12H,2-3,6,10H2,1H3,(H,19,20)(H,21,23)/t12-/m0/s1. The lowest BCUT2D eigenvalue weighted by Crippen LogP contribution is -2.39. The number of carbonyl (C=O) groups excluding carboxylic acids is 1. The molecule has 0 saturated carbocycles. The number of aromatic amines is 1. The highest BCUT2D eigenvalue weighted by Gasteiger charge is 2.26. The summed E-state index contributed by atoms with van der Waals surface area (Å²) in [6, 6.07) is 5.45. The number of rotatable bonds is 3. The molecule has 1 fully saturated rings. The zero-order valence-corrected chi connectivity index (χ0v) is 14.1. The number of aromatic nitrogens is 2. The van der Waals surface area contributed by atoms with Gasteiger partial charge in [-0.15, -0.1) is 0 Å². The SMILES string of the molecule is CNc1cc([C@H]2CCCN(C(=O)c3c[nH]c(=O)c(Cl)c3)C2)ccn1. The van der Waals surface area contributed by atoms with Crippen molar-refractivity contribution in [2.45, 2.75) is 18.8 Å². The molecule has 0 spiro atoms. The predicted octanol–water partition coefficient (Wildman–Crippen LogP) is 2.48. The highest BCUT2D eigenvalue weighted by molar-refractivity contribution is 6.30. The number of hydrogen-bond donors (Lipinski definition) is 2. The smallest absolute Gasteiger partial charge is 0.266 e. The Morgan fingerprint density at radius 2 is 2.29 bits per heavy atom. The van der Waals surface area contributed by atoms with E-state index in [0.717, 1.165) is 18.7 Å². The van der Waals surface area contributed by atoms with E-state index in [1.165, 1.54) is 17.8 Å². The molecule has 3 rings (SSSR count). The predicted molar refractivity (Wildman–Crippen MR) is 93.7 cm³/mol. The Labute approximate surface area is 144 Å². The van der Waals surface area contributed by atoms with E-state index in [-0.39, 0.29) is 22.4 Å². The molecular weight excluding hydrogens is 328 g/mol. The molecule has 1 aliphatic rings. The molecule has 2 aromatic heterocycles. The average Bonchev–Trinajstić information content (AvgIpc) is 2.63. The van der Waals surface area contributed by atoms with Crippen LogP contribution in [0.1, 0.15) is 34.7 Å². The molecule has 1 saturated heterocycles. The molecule has 0 aliphatic carbocycles. The second-order valence-corrected chi connectivity index (χ2v) is 6.29. The fraction of sp³-hybridized carbons (Fsp3) is 0.353. The molecule has 3 heterocycles. The molecule has 126 valence electrons. The second kappa shape index (κ2) is 7.05. The number of halogens is 1. The van der Waals surface area contributed by atoms with Crippen LogP contribution in [0.25, 0.3) is 0 Å². The van der Waals surface area contributed by atoms with Crippen LogP contribution in [0, 0.1) is 0 Å². The molecule has 1 amide bonds. The van der Waals surface area contributed by atoms with Gasteiger partial charge in [-0.05, 0) is 36.6 Å². The van der Waals surface area contributed by atoms with Gasteiger partial charge in [0.15, 0.2) is 0 Å². The van der Waals surface area contributed by atoms with Crippen molar-refractivity contribution in [3.63, 3.8) is 0 Å². The number of pyridine rings is 2. The molecule has 2 aromatic rings. The summed E-state index contributed by atoms with van der Waals surface area (Å²) in [7, 11) is 1.84. The maximum absolute atomic E-state index is 12.7. The number of H-pyrrole nitrogens is 1. The zero-order valence-electron chi connectivity index (χ0n) is 13.4. The van der Waals surface area contributed by atoms with Crippen molar-refractivity contribution in [3.8, 4) is 0 Å². The largest absolute Gasteiger partial charge is 0.373 e. The summed E-state index contributed by atoms with van der Waals surface area (Å²) in [5.41, 5.74) is 1.19. The molecule has 24 heavy (non-hydrogen) atoms. The molecular formula is C17H19ClN4O2. The average molecular weight is 347 g/mol. The van der Waals surface area contributed by atoms with Gasteiger partial charge in [-0.3, -0.25) is 9.59 Å². The molecule has 7 heteroatoms. The third-order valence-electron chi connectivity index (χ3n) is 4.32. The van der Waals surface area contributed by atoms with Gasteiger partial charge in [-0.25, -0.2) is 4.98 Å². The molecule has 6 nitrogen and oxygen atoms in total. The molecule has 1 atom stereocenters. The van der Waals surface area contributed by atoms with Crippen LogP contribution in [0.15, 0.2) is 35.4 Å². The first kappa shape index (κ1) is 16.5. The summed E-state index contributed by atoms with van der Waals surface area (Å²) < 4.78 is 0. The van der Waals surface area contributed by atoms with Crippen LogP contribution >= 0.6 is 11.6 Å². The van der Waals surface area contributed by atoms with Crippen LogP contribution in [0.2, 0.25) is 5.02 Å². The Morgan fingerprint density at radius 1 is 1.46 bits per heavy atom. The van der Waals surface area contributed by atoms with Crippen molar-refractivity contribution in [1.82, 2.24) is 14.9 Å². The Hall–Kier alpha value is -2.34. The summed E-state index contributed by atoms with van der Waals surface area (Å²) in [5.74, 6) is 0.986. The third-order valence-corrected chi connectivity index (χ3v) is 4.61. The van der Waals surface area contributed by atoms with Crippen molar-refractivity contribution in [3.05, 3.63) is 57.1 Å². The number of nitrogens with zero attached hydrogens (tertiary/aromatic N) is 2. The number of carbonyl (C=O) groups is 1. The minimum absolute atomic E-state index is 0.0298. The summed E-state index contributed by atoms with van der Waals surface area (Å²) in [5, 5.41) is 3.07. The van der Waals surface area contributed by atoms with Crippen LogP contribution in [0.5, 0.6) is 0 Å². The second-order valence-electron chi connectivity index (χ2n) is 5.88. The van der Waals surface area contributed by atoms with Crippen molar-refractivity contribution in [1.29, 1.82) is 0 Å². The van der Waals surface area contributed by atoms with Gasteiger partial charge in [-0.2, -0.15) is 0 Å². The number of likely N-dealkylation sites (tertiary alicyclic amines) is 1. The van der Waals surface area contributed by atoms with Crippen molar-refractivity contribution in [2.75, 3.05) is 25.5 Å². The number of amides is 1. The van der Waals surface area contributed by atoms with Crippen molar-refractivity contribution < 1.29 is 4.79 Å². The molecule has 1 aliphatic heterocycles. The van der Waals surface area contributed by atoms with Gasteiger partial charge in [-0.1, -0.05) is 11.6 Å². The lowest BCUT2D eigenvalue weighted by atomic mass is 9.91. The molecule has 0 unspecified atom stereocenters. The van der Waals surface area contributed by atoms with Crippen LogP contribution in [-0.2, 0) is 0 Å². The normalized spacial score (nSPS) is 17.6. The van der Waals surface area contributed by atoms with Gasteiger partial charge < -0.3 is 15.2 Å². The lowest BCUT2D eigenvalue weighted by molar-refractivity contribution is 0.0706. The number of hydrogen-bond acceptors (Lipinski definition) is 4. The monoisotopic (exact) mass is 346 g/mol. The van der Waals surface area contributed by atoms with E-state index in [1.54, 1.807) is 6.20 Å². The highest BCUT2D eigenvalue weighted by Crippen LogP contribution is 2.28. The first-order valence-electron chi connectivity index (χ1n) is 7.89. The van der Waals surface area contributed by atoms with Crippen LogP contribution < -0.4 is 10.9 Å². The Kier molecular flexibility index (Phi) is 4.85. The van der Waals surface area contributed by atoms with Gasteiger partial charge >= 0.3 is 0 Å². The molecule has 0 bridgehead atoms. The Bertz CT molecular complexity index is 805. The van der Waals surface area contributed by atoms with Gasteiger partial charge in [0.25, 0.3) is 11.5 Å². The van der Waals surface area contributed by atoms with E-state index in [1.807, 2.05) is 24.1 Å². The van der Waals surface area contributed by atoms with E-state index >= 15 is 0 Å². The van der Waals surface area contributed by atoms with E-state index < -0.39 is 0 Å². The summed E-state index contributed by atoms with van der Waals surface area (Å²) >= 11 is 5.83. The van der Waals surface area contributed by atoms with E-state index in [0.29, 0.717) is 18.7 Å². The van der Waals surface area contributed by atoms with Gasteiger partial charge in [0.2, 0.25) is 0 Å². The minimum atomic E-state index is -0.388. The van der Waals surface area contributed by atoms with Gasteiger partial charge in [0, 0.05) is 38.4 Å². The number of anilines is 1. The summed E-state index contributed by atoms with van der Waals surface area (Å²) in [4.78, 5) is 32.6. The quantitative estimate of drug-likeness (QED) is 0.895. The summed E-state index contributed by atoms with van der Waals surface area (Å²) in [6.07, 6.45) is 5.17. The first-order chi connectivity index (χ1) is 11.6. The maximum Gasteiger partial charge on any atom is 0.266 e. The molecule has 0 aromatic carbocycles. The molecule has 2 N–H and O–H groups in total. The van der Waals surface area contributed by atoms with Gasteiger partial charge in [0.05, 0.1) is 5.56 Å². The van der Waals surface area contributed by atoms with Crippen molar-refractivity contribution >= 4 is 23.3 Å². The molecule has 0 radical (unpaired) electrons. The minimum Gasteiger partial charge on any atom is -0.373 e. The Balaban J connectivity index is 1.78. The lowest BCUT2D eigenvalue weighted by Gasteiger charge is -2.33. The third kappa shape index (κ3) is 3.43. The van der Waals surface area contributed by atoms with Crippen LogP contribution in [-0.4, -0.2) is 40.9 Å². The van der Waals surface area contributed by atoms with E-state index in [4.69, 9.17) is 11.6 Å². The maximum atomic E-state index is 12.7. The summed E-state index contributed by atoms with van der Waals surface area (Å²) in [6.45, 7) is 1.35. The Morgan fingerprint density at radius 3 is 3.04 bits per heavy atom. The fourth-order valence-corrected chi connectivity index (χ4v) is 3.21. The topological polar surface area (TPSA) is 78.1 Å². The highest BCUT2D eigenvalue weighted by atomic mass is 35.5. The van der Waals surface area contributed by atoms with Gasteiger partial charge in [0.1, 0.15) is 10.8 Å². The van der Waals surface area contributed by atoms with Crippen LogP contribution in [0.3, 0.4) is 0 Å². The zero-order chi connectivity index (χ0) is 17.1. The first-order valence-corrected chi connectivity index (χ1v) is 8.27. The fourth-order valence-electron chi connectivity index (χ4n) is 3.03. The number of piperidine rings is 1. The number of nitrogens with one attached hydrogen (secondary N) is 2. The van der Waals surface area contributed by atoms with E-state index in [9.17, 15) is 9.59 Å². The van der Waals surface area contributed by atoms with Crippen molar-refractivity contribution in [2.24, 2.45) is 0 Å².